The van der Waals surface area contributed by atoms with Gasteiger partial charge in [-0.25, -0.2) is 0 Å². The largest absolute Gasteiger partial charge is 0.461 e. The number of carbonyl (C=O) groups excluding carboxylic acids is 1. The second-order valence-corrected chi connectivity index (χ2v) is 7.11. The molecule has 1 heterocycles. The number of hydrogen-bond acceptors (Lipinski definition) is 3. The van der Waals surface area contributed by atoms with E-state index in [1.165, 1.54) is 4.90 Å². The molecule has 3 aromatic rings. The Morgan fingerprint density at radius 2 is 1.73 bits per heavy atom. The Morgan fingerprint density at radius 1 is 1.00 bits per heavy atom. The second-order valence-electron chi connectivity index (χ2n) is 6.23. The fourth-order valence-corrected chi connectivity index (χ4v) is 3.19. The van der Waals surface area contributed by atoms with Gasteiger partial charge < -0.3 is 9.32 Å². The number of nitrogens with zero attached hydrogens (tertiary/aromatic N) is 1. The van der Waals surface area contributed by atoms with E-state index in [1.807, 2.05) is 49.5 Å². The van der Waals surface area contributed by atoms with E-state index >= 15 is 0 Å². The molecule has 1 amide bonds. The van der Waals surface area contributed by atoms with Crippen molar-refractivity contribution in [3.63, 3.8) is 0 Å². The normalized spacial score (nSPS) is 10.7. The van der Waals surface area contributed by atoms with E-state index in [2.05, 4.69) is 30.5 Å². The highest BCUT2D eigenvalue weighted by Crippen LogP contribution is 2.22. The number of carbonyl (C=O) groups is 1. The van der Waals surface area contributed by atoms with Crippen LogP contribution in [-0.2, 0) is 17.8 Å². The van der Waals surface area contributed by atoms with E-state index in [0.717, 1.165) is 22.6 Å². The molecule has 0 atom stereocenters. The molecule has 0 radical (unpaired) electrons. The van der Waals surface area contributed by atoms with Gasteiger partial charge in [-0.1, -0.05) is 42.5 Å². The van der Waals surface area contributed by atoms with Crippen molar-refractivity contribution in [1.29, 1.82) is 0 Å². The van der Waals surface area contributed by atoms with Crippen LogP contribution in [0.4, 0.5) is 0 Å². The molecule has 0 bridgehead atoms. The zero-order valence-electron chi connectivity index (χ0n) is 15.1. The molecule has 0 aliphatic heterocycles. The van der Waals surface area contributed by atoms with E-state index in [0.29, 0.717) is 19.4 Å². The molecule has 3 rings (SSSR count). The number of hydrogen-bond donors (Lipinski definition) is 0. The summed E-state index contributed by atoms with van der Waals surface area (Å²) in [5.41, 5.74) is 2.19. The number of furan rings is 1. The number of aryl methyl sites for hydroxylation is 1. The molecular weight excluding hydrogens is 342 g/mol. The van der Waals surface area contributed by atoms with Crippen LogP contribution in [0.25, 0.3) is 11.3 Å². The van der Waals surface area contributed by atoms with E-state index in [4.69, 9.17) is 4.42 Å². The van der Waals surface area contributed by atoms with Crippen LogP contribution in [0.1, 0.15) is 17.7 Å². The lowest BCUT2D eigenvalue weighted by atomic mass is 10.2. The monoisotopic (exact) mass is 365 g/mol. The van der Waals surface area contributed by atoms with Crippen LogP contribution in [0, 0.1) is 0 Å². The fourth-order valence-electron chi connectivity index (χ4n) is 2.78. The van der Waals surface area contributed by atoms with Crippen molar-refractivity contribution in [2.75, 3.05) is 13.3 Å². The van der Waals surface area contributed by atoms with Crippen molar-refractivity contribution in [3.8, 4) is 11.3 Å². The van der Waals surface area contributed by atoms with E-state index < -0.39 is 0 Å². The lowest BCUT2D eigenvalue weighted by Gasteiger charge is -2.17. The topological polar surface area (TPSA) is 33.5 Å². The molecule has 0 spiro atoms. The Morgan fingerprint density at radius 3 is 2.42 bits per heavy atom. The van der Waals surface area contributed by atoms with Crippen LogP contribution in [-0.4, -0.2) is 24.1 Å². The predicted octanol–water partition coefficient (Wildman–Crippen LogP) is 5.26. The van der Waals surface area contributed by atoms with Gasteiger partial charge in [-0.2, -0.15) is 0 Å². The Labute approximate surface area is 159 Å². The van der Waals surface area contributed by atoms with Crippen LogP contribution < -0.4 is 0 Å². The van der Waals surface area contributed by atoms with Gasteiger partial charge in [0.15, 0.2) is 0 Å². The van der Waals surface area contributed by atoms with E-state index in [-0.39, 0.29) is 5.91 Å². The van der Waals surface area contributed by atoms with E-state index in [1.54, 1.807) is 16.7 Å². The third kappa shape index (κ3) is 4.79. The highest BCUT2D eigenvalue weighted by atomic mass is 32.2. The van der Waals surface area contributed by atoms with Crippen molar-refractivity contribution in [2.45, 2.75) is 24.3 Å². The first-order chi connectivity index (χ1) is 12.7. The average Bonchev–Trinajstić information content (AvgIpc) is 3.16. The van der Waals surface area contributed by atoms with Crippen molar-refractivity contribution < 1.29 is 9.21 Å². The zero-order valence-corrected chi connectivity index (χ0v) is 16.0. The van der Waals surface area contributed by atoms with Crippen LogP contribution >= 0.6 is 11.8 Å². The summed E-state index contributed by atoms with van der Waals surface area (Å²) in [6, 6.07) is 22.2. The quantitative estimate of drug-likeness (QED) is 0.536. The standard InChI is InChI=1S/C22H23NO2S/c1-23(16-17-8-12-20(26-2)13-9-17)22(24)15-11-19-10-14-21(25-19)18-6-4-3-5-7-18/h3-10,12-14H,11,15-16H2,1-2H3. The van der Waals surface area contributed by atoms with Crippen molar-refractivity contribution >= 4 is 17.7 Å². The second kappa shape index (κ2) is 8.77. The smallest absolute Gasteiger partial charge is 0.223 e. The van der Waals surface area contributed by atoms with Crippen molar-refractivity contribution in [3.05, 3.63) is 78.1 Å². The van der Waals surface area contributed by atoms with E-state index in [9.17, 15) is 4.79 Å². The van der Waals surface area contributed by atoms with Crippen LogP contribution in [0.2, 0.25) is 0 Å². The highest BCUT2D eigenvalue weighted by molar-refractivity contribution is 7.98. The summed E-state index contributed by atoms with van der Waals surface area (Å²) in [4.78, 5) is 15.4. The minimum atomic E-state index is 0.122. The zero-order chi connectivity index (χ0) is 18.4. The van der Waals surface area contributed by atoms with Crippen molar-refractivity contribution in [2.24, 2.45) is 0 Å². The maximum absolute atomic E-state index is 12.4. The van der Waals surface area contributed by atoms with Gasteiger partial charge in [0.1, 0.15) is 11.5 Å². The first kappa shape index (κ1) is 18.3. The van der Waals surface area contributed by atoms with Crippen molar-refractivity contribution in [1.82, 2.24) is 4.90 Å². The summed E-state index contributed by atoms with van der Waals surface area (Å²) < 4.78 is 5.87. The van der Waals surface area contributed by atoms with Gasteiger partial charge in [0, 0.05) is 36.9 Å². The SMILES string of the molecule is CSc1ccc(CN(C)C(=O)CCc2ccc(-c3ccccc3)o2)cc1. The molecule has 134 valence electrons. The van der Waals surface area contributed by atoms with Gasteiger partial charge in [-0.15, -0.1) is 11.8 Å². The van der Waals surface area contributed by atoms with Gasteiger partial charge >= 0.3 is 0 Å². The Hall–Kier alpha value is -2.46. The molecule has 1 aromatic heterocycles. The molecule has 0 N–H and O–H groups in total. The summed E-state index contributed by atoms with van der Waals surface area (Å²) in [5, 5.41) is 0. The fraction of sp³-hybridized carbons (Fsp3) is 0.227. The van der Waals surface area contributed by atoms with Crippen LogP contribution in [0.3, 0.4) is 0 Å². The lowest BCUT2D eigenvalue weighted by molar-refractivity contribution is -0.130. The molecule has 0 aliphatic rings. The average molecular weight is 365 g/mol. The first-order valence-electron chi connectivity index (χ1n) is 8.67. The van der Waals surface area contributed by atoms with Gasteiger partial charge in [0.2, 0.25) is 5.91 Å². The molecule has 0 saturated heterocycles. The molecule has 0 unspecified atom stereocenters. The molecule has 26 heavy (non-hydrogen) atoms. The lowest BCUT2D eigenvalue weighted by Crippen LogP contribution is -2.26. The number of amides is 1. The number of benzene rings is 2. The molecular formula is C22H23NO2S. The van der Waals surface area contributed by atoms with Gasteiger partial charge in [-0.3, -0.25) is 4.79 Å². The maximum Gasteiger partial charge on any atom is 0.223 e. The van der Waals surface area contributed by atoms with Gasteiger partial charge in [-0.05, 0) is 36.1 Å². The Balaban J connectivity index is 1.52. The summed E-state index contributed by atoms with van der Waals surface area (Å²) in [6.45, 7) is 0.626. The Bertz CT molecular complexity index is 840. The maximum atomic E-state index is 12.4. The summed E-state index contributed by atoms with van der Waals surface area (Å²) in [7, 11) is 1.85. The summed E-state index contributed by atoms with van der Waals surface area (Å²) in [5.74, 6) is 1.81. The molecule has 3 nitrogen and oxygen atoms in total. The molecule has 0 fully saturated rings. The third-order valence-corrected chi connectivity index (χ3v) is 5.05. The van der Waals surface area contributed by atoms with Crippen LogP contribution in [0.5, 0.6) is 0 Å². The minimum Gasteiger partial charge on any atom is -0.461 e. The number of rotatable bonds is 7. The Kier molecular flexibility index (Phi) is 6.18. The molecule has 0 saturated carbocycles. The first-order valence-corrected chi connectivity index (χ1v) is 9.89. The highest BCUT2D eigenvalue weighted by Gasteiger charge is 2.11. The third-order valence-electron chi connectivity index (χ3n) is 4.31. The minimum absolute atomic E-state index is 0.122. The predicted molar refractivity (Wildman–Crippen MR) is 107 cm³/mol. The molecule has 4 heteroatoms. The van der Waals surface area contributed by atoms with Crippen LogP contribution in [0.15, 0.2) is 76.0 Å². The summed E-state index contributed by atoms with van der Waals surface area (Å²) in [6.07, 6.45) is 3.12. The molecule has 0 aliphatic carbocycles. The number of thioether (sulfide) groups is 1. The van der Waals surface area contributed by atoms with Gasteiger partial charge in [0.25, 0.3) is 0 Å². The molecule has 2 aromatic carbocycles. The van der Waals surface area contributed by atoms with Gasteiger partial charge in [0.05, 0.1) is 0 Å². The summed E-state index contributed by atoms with van der Waals surface area (Å²) >= 11 is 1.72.